The molecule has 0 spiro atoms. The Kier molecular flexibility index (Phi) is 6.41. The number of carbonyl (C=O) groups is 2. The van der Waals surface area contributed by atoms with E-state index in [1.807, 2.05) is 47.6 Å². The first-order valence-electron chi connectivity index (χ1n) is 13.5. The average Bonchev–Trinajstić information content (AvgIpc) is 2.96. The van der Waals surface area contributed by atoms with Crippen molar-refractivity contribution >= 4 is 11.6 Å². The SMILES string of the molecule is CC(C)=CCC(O)[C@](C)(O)[C@H]1[C@H](O)C[C@@]2(C)[C@@H]3CC=C4[C@@H](C[C@H](O)C(=O)C4(C)C)[C@]3(C)C(=O)C[C@]12C. The number of hydrogen-bond donors (Lipinski definition) is 4. The largest absolute Gasteiger partial charge is 0.393 e. The zero-order valence-electron chi connectivity index (χ0n) is 23.3. The standard InChI is InChI=1S/C30H46O6/c1-16(2)9-12-22(33)30(8,36)24-20(32)14-27(5)21-11-10-17-18(13-19(31)25(35)26(17,3)4)29(21,7)23(34)15-28(24,27)6/h9-10,18-22,24,31-33,36H,11-15H2,1-8H3/t18-,19+,20-,21+,22?,24+,27+,28-,29+,30+/m1/s1. The molecule has 4 aliphatic rings. The molecule has 0 bridgehead atoms. The number of carbonyl (C=O) groups excluding carboxylic acids is 2. The third kappa shape index (κ3) is 3.43. The fourth-order valence-electron chi connectivity index (χ4n) is 9.23. The number of Topliss-reactive ketones (excluding diaryl/α,β-unsaturated/α-hetero) is 2. The molecule has 0 aromatic rings. The van der Waals surface area contributed by atoms with Crippen LogP contribution >= 0.6 is 0 Å². The van der Waals surface area contributed by atoms with Crippen molar-refractivity contribution in [1.82, 2.24) is 0 Å². The summed E-state index contributed by atoms with van der Waals surface area (Å²) in [6, 6.07) is 0. The van der Waals surface area contributed by atoms with Gasteiger partial charge in [-0.25, -0.2) is 0 Å². The lowest BCUT2D eigenvalue weighted by atomic mass is 9.38. The molecule has 202 valence electrons. The molecule has 3 fully saturated rings. The van der Waals surface area contributed by atoms with Gasteiger partial charge in [0.05, 0.1) is 17.8 Å². The number of aliphatic hydroxyl groups is 4. The topological polar surface area (TPSA) is 115 Å². The minimum Gasteiger partial charge on any atom is -0.393 e. The molecule has 4 rings (SSSR count). The van der Waals surface area contributed by atoms with Gasteiger partial charge in [0.1, 0.15) is 11.9 Å². The third-order valence-electron chi connectivity index (χ3n) is 11.5. The van der Waals surface area contributed by atoms with E-state index in [0.717, 1.165) is 11.1 Å². The van der Waals surface area contributed by atoms with Crippen molar-refractivity contribution in [3.63, 3.8) is 0 Å². The molecule has 36 heavy (non-hydrogen) atoms. The monoisotopic (exact) mass is 502 g/mol. The van der Waals surface area contributed by atoms with Gasteiger partial charge in [-0.3, -0.25) is 9.59 Å². The van der Waals surface area contributed by atoms with Crippen LogP contribution in [0.5, 0.6) is 0 Å². The summed E-state index contributed by atoms with van der Waals surface area (Å²) in [5.41, 5.74) is -2.41. The number of hydrogen-bond acceptors (Lipinski definition) is 6. The molecule has 6 heteroatoms. The van der Waals surface area contributed by atoms with E-state index in [4.69, 9.17) is 0 Å². The van der Waals surface area contributed by atoms with Gasteiger partial charge in [0.15, 0.2) is 5.78 Å². The predicted octanol–water partition coefficient (Wildman–Crippen LogP) is 3.75. The van der Waals surface area contributed by atoms with Gasteiger partial charge in [-0.05, 0) is 83.0 Å². The summed E-state index contributed by atoms with van der Waals surface area (Å²) in [6.07, 6.45) is 2.68. The van der Waals surface area contributed by atoms with E-state index in [-0.39, 0.29) is 42.7 Å². The molecule has 0 radical (unpaired) electrons. The van der Waals surface area contributed by atoms with E-state index < -0.39 is 51.5 Å². The van der Waals surface area contributed by atoms with Crippen LogP contribution in [-0.4, -0.2) is 55.9 Å². The summed E-state index contributed by atoms with van der Waals surface area (Å²) in [6.45, 7) is 15.3. The van der Waals surface area contributed by atoms with E-state index in [0.29, 0.717) is 12.8 Å². The maximum Gasteiger partial charge on any atom is 0.170 e. The van der Waals surface area contributed by atoms with E-state index in [1.54, 1.807) is 6.92 Å². The van der Waals surface area contributed by atoms with Crippen molar-refractivity contribution in [2.24, 2.45) is 39.4 Å². The molecule has 0 aliphatic heterocycles. The van der Waals surface area contributed by atoms with Crippen LogP contribution in [0.1, 0.15) is 87.5 Å². The molecule has 4 aliphatic carbocycles. The Hall–Kier alpha value is -1.34. The maximum atomic E-state index is 14.2. The summed E-state index contributed by atoms with van der Waals surface area (Å²) in [5, 5.41) is 44.9. The normalized spacial score (nSPS) is 46.1. The summed E-state index contributed by atoms with van der Waals surface area (Å²) in [4.78, 5) is 27.1. The molecule has 0 aromatic carbocycles. The quantitative estimate of drug-likeness (QED) is 0.435. The molecule has 0 saturated heterocycles. The van der Waals surface area contributed by atoms with Crippen LogP contribution in [0.2, 0.25) is 0 Å². The fraction of sp³-hybridized carbons (Fsp3) is 0.800. The molecular weight excluding hydrogens is 456 g/mol. The first kappa shape index (κ1) is 27.7. The second-order valence-corrected chi connectivity index (χ2v) is 14.0. The highest BCUT2D eigenvalue weighted by atomic mass is 16.3. The Morgan fingerprint density at radius 3 is 2.33 bits per heavy atom. The minimum atomic E-state index is -1.59. The van der Waals surface area contributed by atoms with Gasteiger partial charge in [0.25, 0.3) is 0 Å². The lowest BCUT2D eigenvalue weighted by Crippen LogP contribution is -2.65. The minimum absolute atomic E-state index is 0.0640. The lowest BCUT2D eigenvalue weighted by molar-refractivity contribution is -0.194. The molecular formula is C30H46O6. The number of fused-ring (bicyclic) bond motifs is 5. The van der Waals surface area contributed by atoms with Crippen LogP contribution in [0.4, 0.5) is 0 Å². The predicted molar refractivity (Wildman–Crippen MR) is 138 cm³/mol. The zero-order valence-corrected chi connectivity index (χ0v) is 23.3. The molecule has 3 saturated carbocycles. The van der Waals surface area contributed by atoms with E-state index >= 15 is 0 Å². The Balaban J connectivity index is 1.80. The van der Waals surface area contributed by atoms with Crippen LogP contribution < -0.4 is 0 Å². The Labute approximate surface area is 215 Å². The molecule has 6 nitrogen and oxygen atoms in total. The number of allylic oxidation sites excluding steroid dienone is 3. The fourth-order valence-corrected chi connectivity index (χ4v) is 9.23. The number of rotatable bonds is 4. The smallest absolute Gasteiger partial charge is 0.170 e. The van der Waals surface area contributed by atoms with Crippen LogP contribution in [0.25, 0.3) is 0 Å². The van der Waals surface area contributed by atoms with Gasteiger partial charge < -0.3 is 20.4 Å². The summed E-state index contributed by atoms with van der Waals surface area (Å²) >= 11 is 0. The van der Waals surface area contributed by atoms with Crippen molar-refractivity contribution in [3.8, 4) is 0 Å². The Morgan fingerprint density at radius 2 is 1.75 bits per heavy atom. The molecule has 0 aromatic heterocycles. The third-order valence-corrected chi connectivity index (χ3v) is 11.5. The number of ketones is 2. The number of aliphatic hydroxyl groups excluding tert-OH is 3. The highest BCUT2D eigenvalue weighted by Gasteiger charge is 2.74. The van der Waals surface area contributed by atoms with Gasteiger partial charge in [-0.2, -0.15) is 0 Å². The lowest BCUT2D eigenvalue weighted by Gasteiger charge is -2.64. The zero-order chi connectivity index (χ0) is 27.2. The van der Waals surface area contributed by atoms with Gasteiger partial charge in [-0.1, -0.05) is 44.1 Å². The first-order valence-corrected chi connectivity index (χ1v) is 13.5. The molecule has 1 unspecified atom stereocenters. The summed E-state index contributed by atoms with van der Waals surface area (Å²) < 4.78 is 0. The molecule has 10 atom stereocenters. The summed E-state index contributed by atoms with van der Waals surface area (Å²) in [7, 11) is 0. The van der Waals surface area contributed by atoms with Crippen LogP contribution in [0.15, 0.2) is 23.3 Å². The van der Waals surface area contributed by atoms with Crippen molar-refractivity contribution in [2.75, 3.05) is 0 Å². The van der Waals surface area contributed by atoms with Crippen molar-refractivity contribution in [3.05, 3.63) is 23.3 Å². The van der Waals surface area contributed by atoms with Gasteiger partial charge in [0, 0.05) is 23.2 Å². The van der Waals surface area contributed by atoms with Crippen molar-refractivity contribution in [2.45, 2.75) is 111 Å². The van der Waals surface area contributed by atoms with E-state index in [2.05, 4.69) is 13.0 Å². The van der Waals surface area contributed by atoms with E-state index in [1.165, 1.54) is 0 Å². The molecule has 0 amide bonds. The van der Waals surface area contributed by atoms with Crippen molar-refractivity contribution in [1.29, 1.82) is 0 Å². The molecule has 0 heterocycles. The van der Waals surface area contributed by atoms with E-state index in [9.17, 15) is 30.0 Å². The van der Waals surface area contributed by atoms with Crippen LogP contribution in [0.3, 0.4) is 0 Å². The summed E-state index contributed by atoms with van der Waals surface area (Å²) in [5.74, 6) is -1.16. The Morgan fingerprint density at radius 1 is 1.14 bits per heavy atom. The van der Waals surface area contributed by atoms with Gasteiger partial charge in [0.2, 0.25) is 0 Å². The Bertz CT molecular complexity index is 1020. The van der Waals surface area contributed by atoms with Crippen LogP contribution in [-0.2, 0) is 9.59 Å². The second kappa shape index (κ2) is 8.33. The first-order chi connectivity index (χ1) is 16.4. The van der Waals surface area contributed by atoms with Crippen molar-refractivity contribution < 1.29 is 30.0 Å². The van der Waals surface area contributed by atoms with Crippen LogP contribution in [0, 0.1) is 39.4 Å². The second-order valence-electron chi connectivity index (χ2n) is 14.0. The van der Waals surface area contributed by atoms with Gasteiger partial charge in [-0.15, -0.1) is 0 Å². The highest BCUT2D eigenvalue weighted by molar-refractivity contribution is 5.94. The molecule has 4 N–H and O–H groups in total. The average molecular weight is 503 g/mol. The van der Waals surface area contributed by atoms with Gasteiger partial charge >= 0.3 is 0 Å². The highest BCUT2D eigenvalue weighted by Crippen LogP contribution is 2.74. The maximum absolute atomic E-state index is 14.2.